The molecule has 0 spiro atoms. The van der Waals surface area contributed by atoms with Crippen LogP contribution in [0.3, 0.4) is 0 Å². The van der Waals surface area contributed by atoms with E-state index in [-0.39, 0.29) is 5.91 Å². The minimum absolute atomic E-state index is 0.239. The van der Waals surface area contributed by atoms with E-state index in [1.807, 2.05) is 30.3 Å². The predicted octanol–water partition coefficient (Wildman–Crippen LogP) is 3.42. The van der Waals surface area contributed by atoms with Crippen molar-refractivity contribution in [3.05, 3.63) is 83.0 Å². The van der Waals surface area contributed by atoms with Crippen LogP contribution in [0.2, 0.25) is 0 Å². The van der Waals surface area contributed by atoms with Crippen molar-refractivity contribution in [3.8, 4) is 5.75 Å². The molecule has 0 radical (unpaired) electrons. The van der Waals surface area contributed by atoms with E-state index in [9.17, 15) is 9.59 Å². The Morgan fingerprint density at radius 3 is 2.61 bits per heavy atom. The predicted molar refractivity (Wildman–Crippen MR) is 106 cm³/mol. The van der Waals surface area contributed by atoms with Crippen molar-refractivity contribution >= 4 is 27.6 Å². The van der Waals surface area contributed by atoms with Crippen LogP contribution in [0.1, 0.15) is 12.5 Å². The Bertz CT molecular complexity index is 1200. The van der Waals surface area contributed by atoms with Gasteiger partial charge in [-0.2, -0.15) is 0 Å². The molecule has 0 saturated heterocycles. The number of rotatable bonds is 5. The first-order valence-corrected chi connectivity index (χ1v) is 8.91. The lowest BCUT2D eigenvalue weighted by molar-refractivity contribution is -0.127. The number of ether oxygens (including phenoxy) is 1. The number of hydrogen-bond donors (Lipinski definition) is 1. The lowest BCUT2D eigenvalue weighted by Crippen LogP contribution is -2.35. The molecule has 0 fully saturated rings. The van der Waals surface area contributed by atoms with Gasteiger partial charge in [0.05, 0.1) is 5.39 Å². The summed E-state index contributed by atoms with van der Waals surface area (Å²) in [6.45, 7) is 2.07. The second-order valence-electron chi connectivity index (χ2n) is 6.43. The van der Waals surface area contributed by atoms with Gasteiger partial charge in [0.15, 0.2) is 6.10 Å². The van der Waals surface area contributed by atoms with Gasteiger partial charge in [0.25, 0.3) is 5.91 Å². The monoisotopic (exact) mass is 374 g/mol. The van der Waals surface area contributed by atoms with Gasteiger partial charge in [-0.3, -0.25) is 9.78 Å². The van der Waals surface area contributed by atoms with E-state index in [1.54, 1.807) is 43.6 Å². The topological polar surface area (TPSA) is 81.4 Å². The molecular weight excluding hydrogens is 356 g/mol. The average Bonchev–Trinajstić information content (AvgIpc) is 2.73. The zero-order valence-electron chi connectivity index (χ0n) is 15.2. The zero-order chi connectivity index (χ0) is 19.5. The number of hydrogen-bond acceptors (Lipinski definition) is 5. The summed E-state index contributed by atoms with van der Waals surface area (Å²) in [5.74, 6) is 0.217. The highest BCUT2D eigenvalue weighted by Crippen LogP contribution is 2.26. The summed E-state index contributed by atoms with van der Waals surface area (Å²) in [6.07, 6.45) is 2.65. The van der Waals surface area contributed by atoms with Gasteiger partial charge in [-0.05, 0) is 48.2 Å². The van der Waals surface area contributed by atoms with Crippen LogP contribution >= 0.6 is 0 Å². The third-order valence-corrected chi connectivity index (χ3v) is 4.49. The Kier molecular flexibility index (Phi) is 4.76. The first kappa shape index (κ1) is 17.7. The fourth-order valence-corrected chi connectivity index (χ4v) is 3.02. The second-order valence-corrected chi connectivity index (χ2v) is 6.43. The van der Waals surface area contributed by atoms with E-state index in [1.165, 1.54) is 0 Å². The molecule has 140 valence electrons. The normalized spacial score (nSPS) is 12.0. The Balaban J connectivity index is 1.52. The van der Waals surface area contributed by atoms with E-state index in [0.717, 1.165) is 16.3 Å². The first-order valence-electron chi connectivity index (χ1n) is 8.91. The van der Waals surface area contributed by atoms with Crippen LogP contribution < -0.4 is 15.7 Å². The smallest absolute Gasteiger partial charge is 0.344 e. The van der Waals surface area contributed by atoms with E-state index >= 15 is 0 Å². The molecule has 1 atom stereocenters. The largest absolute Gasteiger partial charge is 0.481 e. The summed E-state index contributed by atoms with van der Waals surface area (Å²) in [7, 11) is 0. The number of fused-ring (bicyclic) bond motifs is 3. The molecule has 28 heavy (non-hydrogen) atoms. The number of carbonyl (C=O) groups is 1. The molecule has 0 bridgehead atoms. The van der Waals surface area contributed by atoms with Crippen LogP contribution in [-0.2, 0) is 11.3 Å². The van der Waals surface area contributed by atoms with Crippen molar-refractivity contribution in [2.24, 2.45) is 0 Å². The van der Waals surface area contributed by atoms with Gasteiger partial charge in [-0.15, -0.1) is 0 Å². The number of amides is 1. The van der Waals surface area contributed by atoms with Crippen LogP contribution in [0.5, 0.6) is 5.75 Å². The SMILES string of the molecule is CC(Oc1ccc2c(c1)oc(=O)c1ccccc12)C(=O)NCc1ccncc1. The van der Waals surface area contributed by atoms with Gasteiger partial charge in [0.1, 0.15) is 11.3 Å². The summed E-state index contributed by atoms with van der Waals surface area (Å²) in [5, 5.41) is 5.00. The van der Waals surface area contributed by atoms with Crippen LogP contribution in [-0.4, -0.2) is 17.0 Å². The Morgan fingerprint density at radius 2 is 1.82 bits per heavy atom. The minimum Gasteiger partial charge on any atom is -0.481 e. The van der Waals surface area contributed by atoms with Gasteiger partial charge >= 0.3 is 5.63 Å². The third-order valence-electron chi connectivity index (χ3n) is 4.49. The Hall–Kier alpha value is -3.67. The molecular formula is C22H18N2O4. The molecule has 0 aliphatic heterocycles. The van der Waals surface area contributed by atoms with Crippen LogP contribution in [0, 0.1) is 0 Å². The van der Waals surface area contributed by atoms with Gasteiger partial charge in [-0.25, -0.2) is 4.79 Å². The summed E-state index contributed by atoms with van der Waals surface area (Å²) >= 11 is 0. The van der Waals surface area contributed by atoms with Gasteiger partial charge in [-0.1, -0.05) is 18.2 Å². The molecule has 6 nitrogen and oxygen atoms in total. The molecule has 4 rings (SSSR count). The van der Waals surface area contributed by atoms with E-state index in [4.69, 9.17) is 9.15 Å². The standard InChI is InChI=1S/C22H18N2O4/c1-14(21(25)24-13-15-8-10-23-11-9-15)27-16-6-7-18-17-4-2-3-5-19(17)22(26)28-20(18)12-16/h2-12,14H,13H2,1H3,(H,24,25). The zero-order valence-corrected chi connectivity index (χ0v) is 15.2. The van der Waals surface area contributed by atoms with E-state index in [2.05, 4.69) is 10.3 Å². The number of nitrogens with one attached hydrogen (secondary N) is 1. The maximum absolute atomic E-state index is 12.3. The number of benzene rings is 2. The van der Waals surface area contributed by atoms with E-state index < -0.39 is 11.7 Å². The highest BCUT2D eigenvalue weighted by molar-refractivity contribution is 6.04. The third kappa shape index (κ3) is 3.57. The molecule has 0 aliphatic rings. The van der Waals surface area contributed by atoms with Crippen LogP contribution in [0.15, 0.2) is 76.2 Å². The molecule has 0 saturated carbocycles. The van der Waals surface area contributed by atoms with Crippen molar-refractivity contribution in [3.63, 3.8) is 0 Å². The molecule has 1 N–H and O–H groups in total. The van der Waals surface area contributed by atoms with Crippen molar-refractivity contribution < 1.29 is 13.9 Å². The molecule has 6 heteroatoms. The van der Waals surface area contributed by atoms with Gasteiger partial charge in [0, 0.05) is 30.4 Å². The number of pyridine rings is 1. The fourth-order valence-electron chi connectivity index (χ4n) is 3.02. The molecule has 4 aromatic rings. The maximum Gasteiger partial charge on any atom is 0.344 e. The molecule has 2 aromatic carbocycles. The molecule has 1 amide bonds. The minimum atomic E-state index is -0.702. The maximum atomic E-state index is 12.3. The van der Waals surface area contributed by atoms with Crippen LogP contribution in [0.25, 0.3) is 21.7 Å². The van der Waals surface area contributed by atoms with Crippen molar-refractivity contribution in [1.82, 2.24) is 10.3 Å². The molecule has 0 aliphatic carbocycles. The number of nitrogens with zero attached hydrogens (tertiary/aromatic N) is 1. The number of aromatic nitrogens is 1. The lowest BCUT2D eigenvalue weighted by atomic mass is 10.1. The van der Waals surface area contributed by atoms with Crippen LogP contribution in [0.4, 0.5) is 0 Å². The average molecular weight is 374 g/mol. The lowest BCUT2D eigenvalue weighted by Gasteiger charge is -2.15. The van der Waals surface area contributed by atoms with Crippen molar-refractivity contribution in [1.29, 1.82) is 0 Å². The fraction of sp³-hybridized carbons (Fsp3) is 0.136. The van der Waals surface area contributed by atoms with Gasteiger partial charge in [0.2, 0.25) is 0 Å². The Morgan fingerprint density at radius 1 is 1.07 bits per heavy atom. The highest BCUT2D eigenvalue weighted by Gasteiger charge is 2.15. The number of carbonyl (C=O) groups excluding carboxylic acids is 1. The van der Waals surface area contributed by atoms with E-state index in [0.29, 0.717) is 23.3 Å². The first-order chi connectivity index (χ1) is 13.6. The highest BCUT2D eigenvalue weighted by atomic mass is 16.5. The molecule has 2 aromatic heterocycles. The quantitative estimate of drug-likeness (QED) is 0.428. The summed E-state index contributed by atoms with van der Waals surface area (Å²) in [6, 6.07) is 16.2. The summed E-state index contributed by atoms with van der Waals surface area (Å²) in [5.41, 5.74) is 0.976. The second kappa shape index (κ2) is 7.52. The summed E-state index contributed by atoms with van der Waals surface area (Å²) < 4.78 is 11.2. The molecule has 2 heterocycles. The molecule has 1 unspecified atom stereocenters. The summed E-state index contributed by atoms with van der Waals surface area (Å²) in [4.78, 5) is 28.4. The van der Waals surface area contributed by atoms with Gasteiger partial charge < -0.3 is 14.5 Å². The Labute approximate surface area is 160 Å². The van der Waals surface area contributed by atoms with Crippen molar-refractivity contribution in [2.45, 2.75) is 19.6 Å². The van der Waals surface area contributed by atoms with Crippen molar-refractivity contribution in [2.75, 3.05) is 0 Å².